The van der Waals surface area contributed by atoms with Crippen LogP contribution >= 0.6 is 0 Å². The van der Waals surface area contributed by atoms with E-state index < -0.39 is 30.2 Å². The molecule has 2 aromatic carbocycles. The Hall–Kier alpha value is -2.77. The minimum absolute atomic E-state index is 0.00257. The fourth-order valence-electron chi connectivity index (χ4n) is 2.50. The Labute approximate surface area is 165 Å². The number of rotatable bonds is 9. The summed E-state index contributed by atoms with van der Waals surface area (Å²) >= 11 is 0. The monoisotopic (exact) mass is 412 g/mol. The molecule has 2 rings (SSSR count). The lowest BCUT2D eigenvalue weighted by molar-refractivity contribution is -0.154. The van der Waals surface area contributed by atoms with Crippen LogP contribution in [-0.2, 0) is 6.42 Å². The molecule has 29 heavy (non-hydrogen) atoms. The van der Waals surface area contributed by atoms with Crippen LogP contribution in [0.25, 0.3) is 0 Å². The summed E-state index contributed by atoms with van der Waals surface area (Å²) in [5.41, 5.74) is 2.05. The number of alkyl halides is 3. The zero-order valence-corrected chi connectivity index (χ0v) is 15.8. The largest absolute Gasteiger partial charge is 0.478 e. The van der Waals surface area contributed by atoms with Gasteiger partial charge in [0.15, 0.2) is 24.0 Å². The fourth-order valence-corrected chi connectivity index (χ4v) is 2.50. The number of hydrogen-bond donors (Lipinski definition) is 0. The summed E-state index contributed by atoms with van der Waals surface area (Å²) in [5, 5.41) is 7.52. The van der Waals surface area contributed by atoms with Crippen molar-refractivity contribution in [3.8, 4) is 5.75 Å². The molecular weight excluding hydrogens is 391 g/mol. The molecular formula is C21H21F5N2O. The fraction of sp³-hybridized carbons (Fsp3) is 0.333. The second-order valence-electron chi connectivity index (χ2n) is 6.41. The topological polar surface area (TPSA) is 34.0 Å². The van der Waals surface area contributed by atoms with Gasteiger partial charge in [-0.05, 0) is 36.1 Å². The van der Waals surface area contributed by atoms with Crippen molar-refractivity contribution >= 4 is 12.4 Å². The van der Waals surface area contributed by atoms with E-state index in [1.807, 2.05) is 24.3 Å². The lowest BCUT2D eigenvalue weighted by Gasteiger charge is -2.10. The highest BCUT2D eigenvalue weighted by Gasteiger charge is 2.29. The van der Waals surface area contributed by atoms with Crippen molar-refractivity contribution in [2.24, 2.45) is 10.2 Å². The Balaban J connectivity index is 1.95. The third kappa shape index (κ3) is 8.01. The summed E-state index contributed by atoms with van der Waals surface area (Å²) in [6.45, 7) is 0.370. The Morgan fingerprint density at radius 1 is 0.897 bits per heavy atom. The van der Waals surface area contributed by atoms with Gasteiger partial charge in [-0.25, -0.2) is 8.78 Å². The van der Waals surface area contributed by atoms with Gasteiger partial charge in [0.2, 0.25) is 0 Å². The summed E-state index contributed by atoms with van der Waals surface area (Å²) in [6, 6.07) is 9.44. The maximum atomic E-state index is 13.8. The average molecular weight is 412 g/mol. The van der Waals surface area contributed by atoms with Gasteiger partial charge in [0.25, 0.3) is 0 Å². The normalized spacial score (nSPS) is 12.2. The number of benzene rings is 2. The molecule has 0 atom stereocenters. The van der Waals surface area contributed by atoms with E-state index in [0.717, 1.165) is 36.8 Å². The summed E-state index contributed by atoms with van der Waals surface area (Å²) < 4.78 is 68.1. The maximum absolute atomic E-state index is 13.8. The van der Waals surface area contributed by atoms with Gasteiger partial charge in [-0.15, -0.1) is 0 Å². The highest BCUT2D eigenvalue weighted by Crippen LogP contribution is 2.25. The Morgan fingerprint density at radius 2 is 1.48 bits per heavy atom. The van der Waals surface area contributed by atoms with Crippen molar-refractivity contribution in [2.75, 3.05) is 6.61 Å². The first-order valence-corrected chi connectivity index (χ1v) is 9.12. The third-order valence-electron chi connectivity index (χ3n) is 3.93. The van der Waals surface area contributed by atoms with Crippen LogP contribution in [0.2, 0.25) is 0 Å². The van der Waals surface area contributed by atoms with E-state index in [1.54, 1.807) is 0 Å². The van der Waals surface area contributed by atoms with Gasteiger partial charge < -0.3 is 4.74 Å². The van der Waals surface area contributed by atoms with Crippen molar-refractivity contribution in [2.45, 2.75) is 38.8 Å². The van der Waals surface area contributed by atoms with Crippen molar-refractivity contribution in [1.82, 2.24) is 0 Å². The summed E-state index contributed by atoms with van der Waals surface area (Å²) in [4.78, 5) is 0. The molecule has 0 bridgehead atoms. The first-order chi connectivity index (χ1) is 13.8. The van der Waals surface area contributed by atoms with Crippen LogP contribution in [0.15, 0.2) is 46.6 Å². The molecule has 0 aliphatic carbocycles. The average Bonchev–Trinajstić information content (AvgIpc) is 2.65. The van der Waals surface area contributed by atoms with Gasteiger partial charge in [0, 0.05) is 5.56 Å². The lowest BCUT2D eigenvalue weighted by atomic mass is 10.1. The summed E-state index contributed by atoms with van der Waals surface area (Å²) in [5.74, 6) is -3.58. The lowest BCUT2D eigenvalue weighted by Crippen LogP contribution is -2.20. The molecule has 0 aliphatic rings. The number of nitrogens with zero attached hydrogens (tertiary/aromatic N) is 2. The third-order valence-corrected chi connectivity index (χ3v) is 3.93. The van der Waals surface area contributed by atoms with Crippen molar-refractivity contribution in [3.05, 3.63) is 64.7 Å². The number of halogens is 5. The molecule has 0 saturated carbocycles. The number of unbranched alkanes of at least 4 members (excludes halogenated alkanes) is 2. The molecule has 0 aromatic heterocycles. The minimum atomic E-state index is -4.69. The first kappa shape index (κ1) is 22.5. The minimum Gasteiger partial charge on any atom is -0.478 e. The van der Waals surface area contributed by atoms with Gasteiger partial charge in [-0.1, -0.05) is 44.0 Å². The summed E-state index contributed by atoms with van der Waals surface area (Å²) in [7, 11) is 0. The molecule has 0 radical (unpaired) electrons. The van der Waals surface area contributed by atoms with Crippen LogP contribution in [0.3, 0.4) is 0 Å². The van der Waals surface area contributed by atoms with Gasteiger partial charge in [-0.3, -0.25) is 0 Å². The molecule has 0 spiro atoms. The van der Waals surface area contributed by atoms with Crippen LogP contribution < -0.4 is 4.74 Å². The molecule has 0 heterocycles. The Kier molecular flexibility index (Phi) is 8.30. The molecule has 0 aliphatic heterocycles. The molecule has 0 N–H and O–H groups in total. The Bertz CT molecular complexity index is 822. The SMILES string of the molecule is CCCCCc1ccc(/C=N/N=C/c2cc(F)c(OCC(F)(F)F)c(F)c2)cc1. The number of ether oxygens (including phenoxy) is 1. The van der Waals surface area contributed by atoms with Crippen molar-refractivity contribution in [1.29, 1.82) is 0 Å². The van der Waals surface area contributed by atoms with E-state index in [0.29, 0.717) is 0 Å². The van der Waals surface area contributed by atoms with Crippen LogP contribution in [-0.4, -0.2) is 25.2 Å². The highest BCUT2D eigenvalue weighted by atomic mass is 19.4. The zero-order valence-electron chi connectivity index (χ0n) is 15.8. The van der Waals surface area contributed by atoms with Crippen LogP contribution in [0, 0.1) is 11.6 Å². The second kappa shape index (κ2) is 10.7. The second-order valence-corrected chi connectivity index (χ2v) is 6.41. The molecule has 8 heteroatoms. The smallest absolute Gasteiger partial charge is 0.422 e. The molecule has 2 aromatic rings. The molecule has 0 unspecified atom stereocenters. The molecule has 0 amide bonds. The zero-order chi connectivity index (χ0) is 21.3. The van der Waals surface area contributed by atoms with Gasteiger partial charge in [0.1, 0.15) is 0 Å². The molecule has 156 valence electrons. The van der Waals surface area contributed by atoms with E-state index in [4.69, 9.17) is 0 Å². The van der Waals surface area contributed by atoms with Crippen LogP contribution in [0.5, 0.6) is 5.75 Å². The molecule has 0 saturated heterocycles. The van der Waals surface area contributed by atoms with E-state index in [9.17, 15) is 22.0 Å². The molecule has 0 fully saturated rings. The van der Waals surface area contributed by atoms with Gasteiger partial charge in [-0.2, -0.15) is 23.4 Å². The van der Waals surface area contributed by atoms with E-state index in [-0.39, 0.29) is 5.56 Å². The van der Waals surface area contributed by atoms with E-state index in [1.165, 1.54) is 24.6 Å². The predicted molar refractivity (Wildman–Crippen MR) is 103 cm³/mol. The quantitative estimate of drug-likeness (QED) is 0.212. The first-order valence-electron chi connectivity index (χ1n) is 9.12. The maximum Gasteiger partial charge on any atom is 0.422 e. The Morgan fingerprint density at radius 3 is 2.03 bits per heavy atom. The standard InChI is InChI=1S/C21H21F5N2O/c1-2-3-4-5-15-6-8-16(9-7-15)12-27-28-13-17-10-18(22)20(19(23)11-17)29-14-21(24,25)26/h6-13H,2-5,14H2,1H3/b27-12+,28-13+. The van der Waals surface area contributed by atoms with Gasteiger partial charge in [0.05, 0.1) is 12.4 Å². The van der Waals surface area contributed by atoms with Gasteiger partial charge >= 0.3 is 6.18 Å². The van der Waals surface area contributed by atoms with E-state index >= 15 is 0 Å². The highest BCUT2D eigenvalue weighted by molar-refractivity contribution is 5.82. The number of aryl methyl sites for hydroxylation is 1. The van der Waals surface area contributed by atoms with Crippen LogP contribution in [0.1, 0.15) is 42.9 Å². The predicted octanol–water partition coefficient (Wildman–Crippen LogP) is 6.09. The number of hydrogen-bond acceptors (Lipinski definition) is 3. The van der Waals surface area contributed by atoms with Crippen molar-refractivity contribution < 1.29 is 26.7 Å². The van der Waals surface area contributed by atoms with Crippen molar-refractivity contribution in [3.63, 3.8) is 0 Å². The van der Waals surface area contributed by atoms with E-state index in [2.05, 4.69) is 21.9 Å². The summed E-state index contributed by atoms with van der Waals surface area (Å²) in [6.07, 6.45) is 2.40. The molecule has 3 nitrogen and oxygen atoms in total. The van der Waals surface area contributed by atoms with Crippen LogP contribution in [0.4, 0.5) is 22.0 Å².